The molecular formula is C16H19ClN4O3S. The van der Waals surface area contributed by atoms with Gasteiger partial charge in [-0.2, -0.15) is 8.42 Å². The van der Waals surface area contributed by atoms with Gasteiger partial charge in [-0.3, -0.25) is 9.52 Å². The fourth-order valence-corrected chi connectivity index (χ4v) is 4.31. The molecule has 0 spiro atoms. The van der Waals surface area contributed by atoms with Crippen LogP contribution in [0.2, 0.25) is 5.15 Å². The number of carbonyl (C=O) groups excluding carboxylic acids is 1. The van der Waals surface area contributed by atoms with Crippen molar-refractivity contribution in [3.8, 4) is 0 Å². The summed E-state index contributed by atoms with van der Waals surface area (Å²) in [6.07, 6.45) is 4.35. The second kappa shape index (κ2) is 7.05. The van der Waals surface area contributed by atoms with Crippen molar-refractivity contribution in [3.63, 3.8) is 0 Å². The Kier molecular flexibility index (Phi) is 5.01. The summed E-state index contributed by atoms with van der Waals surface area (Å²) in [6, 6.07) is 6.56. The second-order valence-electron chi connectivity index (χ2n) is 5.96. The van der Waals surface area contributed by atoms with Crippen LogP contribution in [0.5, 0.6) is 0 Å². The molecule has 2 heterocycles. The monoisotopic (exact) mass is 382 g/mol. The number of hydrogen-bond donors (Lipinski definition) is 1. The topological polar surface area (TPSA) is 84.3 Å². The van der Waals surface area contributed by atoms with Crippen molar-refractivity contribution >= 4 is 33.2 Å². The molecule has 25 heavy (non-hydrogen) atoms. The first-order chi connectivity index (χ1) is 11.9. The summed E-state index contributed by atoms with van der Waals surface area (Å²) in [7, 11) is -2.40. The van der Waals surface area contributed by atoms with E-state index in [2.05, 4.69) is 9.71 Å². The Morgan fingerprint density at radius 2 is 1.88 bits per heavy atom. The maximum atomic E-state index is 12.8. The first-order valence-corrected chi connectivity index (χ1v) is 9.84. The normalized spacial score (nSPS) is 15.2. The zero-order valence-corrected chi connectivity index (χ0v) is 15.3. The van der Waals surface area contributed by atoms with E-state index in [4.69, 9.17) is 11.6 Å². The van der Waals surface area contributed by atoms with Crippen molar-refractivity contribution in [1.29, 1.82) is 0 Å². The quantitative estimate of drug-likeness (QED) is 0.880. The summed E-state index contributed by atoms with van der Waals surface area (Å²) >= 11 is 5.99. The highest BCUT2D eigenvalue weighted by molar-refractivity contribution is 7.92. The summed E-state index contributed by atoms with van der Waals surface area (Å²) in [5.41, 5.74) is 0.542. The third-order valence-electron chi connectivity index (χ3n) is 4.13. The Morgan fingerprint density at radius 3 is 2.52 bits per heavy atom. The van der Waals surface area contributed by atoms with Crippen molar-refractivity contribution in [1.82, 2.24) is 14.5 Å². The maximum absolute atomic E-state index is 12.8. The predicted octanol–water partition coefficient (Wildman–Crippen LogP) is 2.50. The number of aromatic nitrogens is 2. The van der Waals surface area contributed by atoms with Gasteiger partial charge in [-0.1, -0.05) is 23.7 Å². The van der Waals surface area contributed by atoms with Crippen LogP contribution in [0.15, 0.2) is 35.6 Å². The molecule has 0 bridgehead atoms. The van der Waals surface area contributed by atoms with Crippen LogP contribution < -0.4 is 4.72 Å². The summed E-state index contributed by atoms with van der Waals surface area (Å²) in [6.45, 7) is 1.37. The highest BCUT2D eigenvalue weighted by atomic mass is 35.5. The summed E-state index contributed by atoms with van der Waals surface area (Å²) in [5.74, 6) is -0.176. The van der Waals surface area contributed by atoms with Crippen LogP contribution in [-0.4, -0.2) is 41.9 Å². The van der Waals surface area contributed by atoms with Crippen molar-refractivity contribution in [2.24, 2.45) is 7.05 Å². The van der Waals surface area contributed by atoms with E-state index in [0.717, 1.165) is 19.3 Å². The maximum Gasteiger partial charge on any atom is 0.282 e. The summed E-state index contributed by atoms with van der Waals surface area (Å²) in [5, 5.41) is -0.260. The van der Waals surface area contributed by atoms with E-state index in [1.165, 1.54) is 10.9 Å². The van der Waals surface area contributed by atoms with Crippen LogP contribution in [0.25, 0.3) is 0 Å². The Hall–Kier alpha value is -2.06. The molecule has 0 saturated carbocycles. The van der Waals surface area contributed by atoms with Crippen LogP contribution in [0.1, 0.15) is 29.6 Å². The number of para-hydroxylation sites is 1. The standard InChI is InChI=1S/C16H19ClN4O3S/c1-20-11-18-15(14(20)17)25(23,24)19-13-8-4-3-7-12(13)16(22)21-9-5-2-6-10-21/h3-4,7-8,11,19H,2,5-6,9-10H2,1H3. The van der Waals surface area contributed by atoms with Crippen LogP contribution in [0, 0.1) is 0 Å². The number of benzene rings is 1. The van der Waals surface area contributed by atoms with Crippen LogP contribution in [-0.2, 0) is 17.1 Å². The van der Waals surface area contributed by atoms with Crippen molar-refractivity contribution in [2.45, 2.75) is 24.3 Å². The van der Waals surface area contributed by atoms with E-state index in [1.807, 2.05) is 0 Å². The Morgan fingerprint density at radius 1 is 1.20 bits per heavy atom. The smallest absolute Gasteiger partial charge is 0.282 e. The van der Waals surface area contributed by atoms with E-state index in [9.17, 15) is 13.2 Å². The molecule has 9 heteroatoms. The fourth-order valence-electron chi connectivity index (χ4n) is 2.79. The van der Waals surface area contributed by atoms with Gasteiger partial charge in [-0.05, 0) is 31.4 Å². The van der Waals surface area contributed by atoms with Gasteiger partial charge in [0.05, 0.1) is 17.6 Å². The minimum Gasteiger partial charge on any atom is -0.339 e. The molecule has 1 aromatic heterocycles. The molecule has 1 saturated heterocycles. The Labute approximate surface area is 151 Å². The van der Waals surface area contributed by atoms with Crippen LogP contribution >= 0.6 is 11.6 Å². The number of hydrogen-bond acceptors (Lipinski definition) is 4. The van der Waals surface area contributed by atoms with Gasteiger partial charge in [0.25, 0.3) is 15.9 Å². The fraction of sp³-hybridized carbons (Fsp3) is 0.375. The number of likely N-dealkylation sites (tertiary alicyclic amines) is 1. The number of rotatable bonds is 4. The van der Waals surface area contributed by atoms with E-state index >= 15 is 0 Å². The number of imidazole rings is 1. The van der Waals surface area contributed by atoms with E-state index in [0.29, 0.717) is 18.7 Å². The zero-order valence-electron chi connectivity index (χ0n) is 13.8. The molecule has 1 N–H and O–H groups in total. The molecule has 0 aliphatic carbocycles. The SMILES string of the molecule is Cn1cnc(S(=O)(=O)Nc2ccccc2C(=O)N2CCCCC2)c1Cl. The minimum atomic E-state index is -3.99. The zero-order chi connectivity index (χ0) is 18.0. The lowest BCUT2D eigenvalue weighted by molar-refractivity contribution is 0.0725. The van der Waals surface area contributed by atoms with Crippen LogP contribution in [0.4, 0.5) is 5.69 Å². The molecule has 0 unspecified atom stereocenters. The molecule has 134 valence electrons. The van der Waals surface area contributed by atoms with E-state index in [-0.39, 0.29) is 21.8 Å². The molecule has 1 fully saturated rings. The Bertz CT molecular complexity index is 889. The average Bonchev–Trinajstić information content (AvgIpc) is 2.95. The lowest BCUT2D eigenvalue weighted by atomic mass is 10.1. The number of nitrogens with one attached hydrogen (secondary N) is 1. The molecule has 1 amide bonds. The van der Waals surface area contributed by atoms with Crippen molar-refractivity contribution in [2.75, 3.05) is 17.8 Å². The minimum absolute atomic E-state index is 0.00679. The van der Waals surface area contributed by atoms with Crippen molar-refractivity contribution < 1.29 is 13.2 Å². The highest BCUT2D eigenvalue weighted by Crippen LogP contribution is 2.25. The molecule has 2 aromatic rings. The Balaban J connectivity index is 1.91. The lowest BCUT2D eigenvalue weighted by Gasteiger charge is -2.27. The summed E-state index contributed by atoms with van der Waals surface area (Å²) in [4.78, 5) is 18.3. The third-order valence-corrected chi connectivity index (χ3v) is 5.99. The number of halogens is 1. The number of aryl methyl sites for hydroxylation is 1. The van der Waals surface area contributed by atoms with Gasteiger partial charge in [0.1, 0.15) is 5.15 Å². The molecule has 1 aliphatic rings. The number of anilines is 1. The molecule has 1 aliphatic heterocycles. The van der Waals surface area contributed by atoms with Gasteiger partial charge in [-0.15, -0.1) is 0 Å². The average molecular weight is 383 g/mol. The second-order valence-corrected chi connectivity index (χ2v) is 7.91. The van der Waals surface area contributed by atoms with Gasteiger partial charge in [0.15, 0.2) is 0 Å². The van der Waals surface area contributed by atoms with Gasteiger partial charge >= 0.3 is 0 Å². The number of carbonyl (C=O) groups is 1. The lowest BCUT2D eigenvalue weighted by Crippen LogP contribution is -2.36. The number of piperidine rings is 1. The van der Waals surface area contributed by atoms with Gasteiger partial charge < -0.3 is 9.47 Å². The highest BCUT2D eigenvalue weighted by Gasteiger charge is 2.26. The van der Waals surface area contributed by atoms with E-state index in [1.54, 1.807) is 36.2 Å². The molecule has 0 radical (unpaired) electrons. The molecule has 1 aromatic carbocycles. The predicted molar refractivity (Wildman–Crippen MR) is 95.2 cm³/mol. The van der Waals surface area contributed by atoms with Crippen molar-refractivity contribution in [3.05, 3.63) is 41.3 Å². The largest absolute Gasteiger partial charge is 0.339 e. The van der Waals surface area contributed by atoms with E-state index < -0.39 is 10.0 Å². The van der Waals surface area contributed by atoms with Gasteiger partial charge in [-0.25, -0.2) is 4.98 Å². The van der Waals surface area contributed by atoms with Gasteiger partial charge in [0, 0.05) is 20.1 Å². The number of sulfonamides is 1. The number of amides is 1. The van der Waals surface area contributed by atoms with Gasteiger partial charge in [0.2, 0.25) is 5.03 Å². The first-order valence-electron chi connectivity index (χ1n) is 7.98. The molecule has 0 atom stereocenters. The third kappa shape index (κ3) is 3.64. The molecule has 3 rings (SSSR count). The summed E-state index contributed by atoms with van der Waals surface area (Å²) < 4.78 is 29.0. The van der Waals surface area contributed by atoms with Crippen LogP contribution in [0.3, 0.4) is 0 Å². The first kappa shape index (κ1) is 17.8. The molecular weight excluding hydrogens is 364 g/mol. The number of nitrogens with zero attached hydrogens (tertiary/aromatic N) is 3. The molecule has 7 nitrogen and oxygen atoms in total.